The molecule has 2 N–H and O–H groups in total. The number of carbonyl (C=O) groups is 2. The molecule has 0 unspecified atom stereocenters. The molecule has 1 aliphatic heterocycles. The van der Waals surface area contributed by atoms with Crippen LogP contribution in [0.4, 0.5) is 5.69 Å². The van der Waals surface area contributed by atoms with Gasteiger partial charge in [-0.3, -0.25) is 4.79 Å². The van der Waals surface area contributed by atoms with Crippen LogP contribution in [0.5, 0.6) is 0 Å². The molecule has 0 spiro atoms. The third kappa shape index (κ3) is 2.91. The minimum Gasteiger partial charge on any atom is -0.462 e. The van der Waals surface area contributed by atoms with Gasteiger partial charge in [-0.05, 0) is 57.0 Å². The van der Waals surface area contributed by atoms with Crippen molar-refractivity contribution >= 4 is 45.1 Å². The minimum absolute atomic E-state index is 0.152. The average Bonchev–Trinajstić information content (AvgIpc) is 3.01. The zero-order chi connectivity index (χ0) is 18.3. The maximum atomic E-state index is 12.4. The summed E-state index contributed by atoms with van der Waals surface area (Å²) in [4.78, 5) is 27.8. The molecule has 5 nitrogen and oxygen atoms in total. The van der Waals surface area contributed by atoms with Gasteiger partial charge in [0.1, 0.15) is 0 Å². The van der Waals surface area contributed by atoms with Crippen molar-refractivity contribution in [2.75, 3.05) is 11.9 Å². The lowest BCUT2D eigenvalue weighted by molar-refractivity contribution is -0.110. The molecule has 0 aliphatic carbocycles. The Morgan fingerprint density at radius 1 is 1.24 bits per heavy atom. The van der Waals surface area contributed by atoms with Gasteiger partial charge in [0, 0.05) is 27.1 Å². The number of benzene rings is 1. The van der Waals surface area contributed by atoms with Crippen LogP contribution in [-0.4, -0.2) is 23.5 Å². The van der Waals surface area contributed by atoms with Crippen molar-refractivity contribution in [2.45, 2.75) is 27.7 Å². The van der Waals surface area contributed by atoms with E-state index in [-0.39, 0.29) is 11.9 Å². The fourth-order valence-electron chi connectivity index (χ4n) is 3.15. The van der Waals surface area contributed by atoms with Crippen LogP contribution in [0.25, 0.3) is 11.6 Å². The largest absolute Gasteiger partial charge is 0.462 e. The van der Waals surface area contributed by atoms with Gasteiger partial charge >= 0.3 is 5.97 Å². The Morgan fingerprint density at radius 2 is 1.96 bits per heavy atom. The first-order chi connectivity index (χ1) is 11.8. The van der Waals surface area contributed by atoms with Gasteiger partial charge in [0.05, 0.1) is 17.7 Å². The Labute approximate surface area is 154 Å². The summed E-state index contributed by atoms with van der Waals surface area (Å²) < 4.78 is 6.06. The monoisotopic (exact) mass is 402 g/mol. The number of halogens is 1. The number of aryl methyl sites for hydroxylation is 1. The third-order valence-electron chi connectivity index (χ3n) is 4.41. The van der Waals surface area contributed by atoms with Crippen LogP contribution in [0.2, 0.25) is 0 Å². The first kappa shape index (κ1) is 17.5. The second-order valence-corrected chi connectivity index (χ2v) is 6.85. The Morgan fingerprint density at radius 3 is 2.64 bits per heavy atom. The summed E-state index contributed by atoms with van der Waals surface area (Å²) in [6.45, 7) is 7.74. The molecule has 1 aromatic heterocycles. The summed E-state index contributed by atoms with van der Waals surface area (Å²) in [7, 11) is 0. The number of rotatable bonds is 3. The Bertz CT molecular complexity index is 925. The Balaban J connectivity index is 2.12. The first-order valence-electron chi connectivity index (χ1n) is 8.04. The molecule has 1 amide bonds. The zero-order valence-corrected chi connectivity index (χ0v) is 16.1. The molecule has 0 saturated heterocycles. The predicted molar refractivity (Wildman–Crippen MR) is 102 cm³/mol. The van der Waals surface area contributed by atoms with E-state index in [0.29, 0.717) is 17.7 Å². The first-order valence-corrected chi connectivity index (χ1v) is 8.83. The van der Waals surface area contributed by atoms with Crippen molar-refractivity contribution < 1.29 is 14.3 Å². The summed E-state index contributed by atoms with van der Waals surface area (Å²) in [5, 5.41) is 2.89. The number of nitrogens with one attached hydrogen (secondary N) is 2. The second kappa shape index (κ2) is 6.52. The lowest BCUT2D eigenvalue weighted by Gasteiger charge is -2.06. The zero-order valence-electron chi connectivity index (χ0n) is 14.5. The van der Waals surface area contributed by atoms with E-state index in [1.54, 1.807) is 13.0 Å². The van der Waals surface area contributed by atoms with E-state index in [1.165, 1.54) is 0 Å². The van der Waals surface area contributed by atoms with Crippen molar-refractivity contribution in [3.8, 4) is 0 Å². The van der Waals surface area contributed by atoms with Gasteiger partial charge in [0.25, 0.3) is 5.91 Å². The molecule has 2 heterocycles. The molecule has 0 bridgehead atoms. The molecule has 0 fully saturated rings. The number of aromatic nitrogens is 1. The van der Waals surface area contributed by atoms with Crippen molar-refractivity contribution in [2.24, 2.45) is 0 Å². The second-order valence-electron chi connectivity index (χ2n) is 5.99. The number of H-pyrrole nitrogens is 1. The van der Waals surface area contributed by atoms with Gasteiger partial charge in [0.15, 0.2) is 0 Å². The van der Waals surface area contributed by atoms with E-state index in [9.17, 15) is 9.59 Å². The molecule has 0 radical (unpaired) electrons. The highest BCUT2D eigenvalue weighted by Gasteiger charge is 2.28. The number of amides is 1. The smallest absolute Gasteiger partial charge is 0.340 e. The van der Waals surface area contributed by atoms with Crippen LogP contribution in [0.3, 0.4) is 0 Å². The van der Waals surface area contributed by atoms with Gasteiger partial charge in [-0.2, -0.15) is 0 Å². The maximum absolute atomic E-state index is 12.4. The molecule has 0 saturated carbocycles. The number of anilines is 1. The van der Waals surface area contributed by atoms with Crippen LogP contribution < -0.4 is 5.32 Å². The highest BCUT2D eigenvalue weighted by Crippen LogP contribution is 2.39. The van der Waals surface area contributed by atoms with Gasteiger partial charge in [-0.15, -0.1) is 0 Å². The van der Waals surface area contributed by atoms with Crippen LogP contribution in [-0.2, 0) is 9.53 Å². The fourth-order valence-corrected chi connectivity index (χ4v) is 3.48. The average molecular weight is 403 g/mol. The minimum atomic E-state index is -0.353. The fraction of sp³-hybridized carbons (Fsp3) is 0.263. The van der Waals surface area contributed by atoms with E-state index >= 15 is 0 Å². The maximum Gasteiger partial charge on any atom is 0.340 e. The van der Waals surface area contributed by atoms with Crippen LogP contribution in [0, 0.1) is 20.8 Å². The van der Waals surface area contributed by atoms with Gasteiger partial charge in [0.2, 0.25) is 0 Å². The molecule has 130 valence electrons. The quantitative estimate of drug-likeness (QED) is 0.591. The van der Waals surface area contributed by atoms with E-state index in [1.807, 2.05) is 32.9 Å². The number of aromatic amines is 1. The topological polar surface area (TPSA) is 71.2 Å². The van der Waals surface area contributed by atoms with Crippen molar-refractivity contribution in [3.05, 3.63) is 50.2 Å². The van der Waals surface area contributed by atoms with E-state index < -0.39 is 0 Å². The number of esters is 1. The van der Waals surface area contributed by atoms with Crippen molar-refractivity contribution in [3.63, 3.8) is 0 Å². The van der Waals surface area contributed by atoms with Gasteiger partial charge in [-0.1, -0.05) is 15.9 Å². The standard InChI is InChI=1S/C19H19BrN2O3/c1-5-25-19(24)16-10(3)15(21-11(16)4)8-12-17-9(2)13(20)6-7-14(17)22-18(12)23/h6-8,21H,5H2,1-4H3,(H,22,23). The molecule has 25 heavy (non-hydrogen) atoms. The summed E-state index contributed by atoms with van der Waals surface area (Å²) in [6, 6.07) is 3.79. The highest BCUT2D eigenvalue weighted by molar-refractivity contribution is 9.10. The predicted octanol–water partition coefficient (Wildman–Crippen LogP) is 4.37. The molecule has 3 rings (SSSR count). The summed E-state index contributed by atoms with van der Waals surface area (Å²) in [5.74, 6) is -0.505. The summed E-state index contributed by atoms with van der Waals surface area (Å²) in [6.07, 6.45) is 1.80. The normalized spacial score (nSPS) is 14.6. The van der Waals surface area contributed by atoms with E-state index in [2.05, 4.69) is 26.2 Å². The number of hydrogen-bond donors (Lipinski definition) is 2. The van der Waals surface area contributed by atoms with Crippen LogP contribution in [0.1, 0.15) is 45.4 Å². The molecule has 1 aromatic carbocycles. The molecule has 2 aromatic rings. The number of ether oxygens (including phenoxy) is 1. The Hall–Kier alpha value is -2.34. The van der Waals surface area contributed by atoms with E-state index in [0.717, 1.165) is 38.2 Å². The molecule has 6 heteroatoms. The van der Waals surface area contributed by atoms with Gasteiger partial charge in [-0.25, -0.2) is 4.79 Å². The van der Waals surface area contributed by atoms with Crippen LogP contribution in [0.15, 0.2) is 16.6 Å². The van der Waals surface area contributed by atoms with E-state index in [4.69, 9.17) is 4.74 Å². The van der Waals surface area contributed by atoms with Crippen LogP contribution >= 0.6 is 15.9 Å². The number of hydrogen-bond acceptors (Lipinski definition) is 3. The molecule has 0 atom stereocenters. The molecular formula is C19H19BrN2O3. The van der Waals surface area contributed by atoms with Crippen molar-refractivity contribution in [1.82, 2.24) is 4.98 Å². The van der Waals surface area contributed by atoms with Crippen molar-refractivity contribution in [1.29, 1.82) is 0 Å². The number of carbonyl (C=O) groups excluding carboxylic acids is 2. The SMILES string of the molecule is CCOC(=O)c1c(C)[nH]c(C=C2C(=O)Nc3ccc(Br)c(C)c32)c1C. The molecule has 1 aliphatic rings. The lowest BCUT2D eigenvalue weighted by atomic mass is 9.99. The molecular weight excluding hydrogens is 384 g/mol. The summed E-state index contributed by atoms with van der Waals surface area (Å²) >= 11 is 3.51. The van der Waals surface area contributed by atoms with Gasteiger partial charge < -0.3 is 15.0 Å². The highest BCUT2D eigenvalue weighted by atomic mass is 79.9. The summed E-state index contributed by atoms with van der Waals surface area (Å²) in [5.41, 5.74) is 6.01. The lowest BCUT2D eigenvalue weighted by Crippen LogP contribution is -2.06. The third-order valence-corrected chi connectivity index (χ3v) is 5.26. The number of fused-ring (bicyclic) bond motifs is 1. The Kier molecular flexibility index (Phi) is 4.56.